The fraction of sp³-hybridized carbons (Fsp3) is 0.250. The molecule has 0 fully saturated rings. The van der Waals surface area contributed by atoms with Gasteiger partial charge in [-0.05, 0) is 25.2 Å². The molecule has 0 saturated carbocycles. The van der Waals surface area contributed by atoms with Gasteiger partial charge in [0.15, 0.2) is 0 Å². The minimum absolute atomic E-state index is 0.742. The molecule has 1 rings (SSSR count). The summed E-state index contributed by atoms with van der Waals surface area (Å²) in [5, 5.41) is 0. The van der Waals surface area contributed by atoms with Gasteiger partial charge in [0.25, 0.3) is 0 Å². The van der Waals surface area contributed by atoms with E-state index in [1.54, 1.807) is 13.1 Å². The Kier molecular flexibility index (Phi) is 2.31. The molecular formula is C8H12O2Si. The average Bonchev–Trinajstić information content (AvgIpc) is 1.85. The first-order chi connectivity index (χ1) is 5.08. The number of hydrogen-bond donors (Lipinski definition) is 1. The molecule has 0 bridgehead atoms. The Bertz CT molecular complexity index is 215. The van der Waals surface area contributed by atoms with E-state index in [0.717, 1.165) is 5.75 Å². The van der Waals surface area contributed by atoms with E-state index in [1.807, 2.05) is 30.3 Å². The van der Waals surface area contributed by atoms with Gasteiger partial charge in [-0.2, -0.15) is 0 Å². The largest absolute Gasteiger partial charge is 0.520 e. The van der Waals surface area contributed by atoms with Crippen LogP contribution in [0.25, 0.3) is 0 Å². The molecule has 0 spiro atoms. The van der Waals surface area contributed by atoms with Crippen molar-refractivity contribution in [1.29, 1.82) is 0 Å². The Balaban J connectivity index is 2.66. The summed E-state index contributed by atoms with van der Waals surface area (Å²) in [5.74, 6) is 0.742. The van der Waals surface area contributed by atoms with E-state index < -0.39 is 8.56 Å². The third-order valence-electron chi connectivity index (χ3n) is 1.11. The fourth-order valence-electron chi connectivity index (χ4n) is 0.777. The van der Waals surface area contributed by atoms with Crippen LogP contribution in [0.5, 0.6) is 5.75 Å². The van der Waals surface area contributed by atoms with Crippen LogP contribution < -0.4 is 4.43 Å². The molecule has 1 N–H and O–H groups in total. The zero-order valence-corrected chi connectivity index (χ0v) is 7.74. The lowest BCUT2D eigenvalue weighted by atomic mass is 10.3. The molecule has 0 radical (unpaired) electrons. The van der Waals surface area contributed by atoms with Crippen molar-refractivity contribution in [2.24, 2.45) is 0 Å². The summed E-state index contributed by atoms with van der Waals surface area (Å²) in [6.07, 6.45) is 0. The lowest BCUT2D eigenvalue weighted by molar-refractivity contribution is 0.391. The Labute approximate surface area is 67.7 Å². The monoisotopic (exact) mass is 168 g/mol. The van der Waals surface area contributed by atoms with Crippen LogP contribution in [-0.2, 0) is 0 Å². The Morgan fingerprint density at radius 3 is 2.18 bits per heavy atom. The molecule has 0 saturated heterocycles. The van der Waals surface area contributed by atoms with E-state index in [-0.39, 0.29) is 0 Å². The third kappa shape index (κ3) is 3.20. The maximum Gasteiger partial charge on any atom is 0.389 e. The average molecular weight is 168 g/mol. The first kappa shape index (κ1) is 8.29. The summed E-state index contributed by atoms with van der Waals surface area (Å²) >= 11 is 0. The molecule has 60 valence electrons. The zero-order chi connectivity index (χ0) is 8.32. The Hall–Kier alpha value is -0.803. The normalized spacial score (nSPS) is 11.2. The van der Waals surface area contributed by atoms with Crippen LogP contribution in [0.1, 0.15) is 0 Å². The molecule has 0 heterocycles. The smallest absolute Gasteiger partial charge is 0.389 e. The summed E-state index contributed by atoms with van der Waals surface area (Å²) in [5.41, 5.74) is 0. The van der Waals surface area contributed by atoms with Crippen LogP contribution in [0.15, 0.2) is 30.3 Å². The van der Waals surface area contributed by atoms with Crippen molar-refractivity contribution in [2.45, 2.75) is 13.1 Å². The van der Waals surface area contributed by atoms with E-state index in [1.165, 1.54) is 0 Å². The Morgan fingerprint density at radius 2 is 1.73 bits per heavy atom. The van der Waals surface area contributed by atoms with Crippen molar-refractivity contribution >= 4 is 8.56 Å². The predicted octanol–water partition coefficient (Wildman–Crippen LogP) is 1.76. The molecule has 0 unspecified atom stereocenters. The molecule has 0 aromatic heterocycles. The van der Waals surface area contributed by atoms with Crippen molar-refractivity contribution in [3.63, 3.8) is 0 Å². The second-order valence-corrected chi connectivity index (χ2v) is 5.96. The summed E-state index contributed by atoms with van der Waals surface area (Å²) in [7, 11) is -2.40. The molecule has 11 heavy (non-hydrogen) atoms. The van der Waals surface area contributed by atoms with Crippen LogP contribution in [0.3, 0.4) is 0 Å². The third-order valence-corrected chi connectivity index (χ3v) is 1.85. The number of hydrogen-bond acceptors (Lipinski definition) is 2. The second kappa shape index (κ2) is 3.07. The van der Waals surface area contributed by atoms with Gasteiger partial charge in [-0.1, -0.05) is 18.2 Å². The molecule has 1 aromatic carbocycles. The van der Waals surface area contributed by atoms with E-state index in [2.05, 4.69) is 0 Å². The number of para-hydroxylation sites is 1. The molecule has 3 heteroatoms. The van der Waals surface area contributed by atoms with Crippen LogP contribution in [0.4, 0.5) is 0 Å². The van der Waals surface area contributed by atoms with E-state index >= 15 is 0 Å². The van der Waals surface area contributed by atoms with Crippen molar-refractivity contribution in [1.82, 2.24) is 0 Å². The molecule has 0 aliphatic heterocycles. The minimum atomic E-state index is -2.40. The highest BCUT2D eigenvalue weighted by Crippen LogP contribution is 2.12. The topological polar surface area (TPSA) is 29.5 Å². The SMILES string of the molecule is C[Si](C)(O)Oc1ccccc1. The molecular weight excluding hydrogens is 156 g/mol. The Morgan fingerprint density at radius 1 is 1.18 bits per heavy atom. The van der Waals surface area contributed by atoms with Crippen molar-refractivity contribution < 1.29 is 9.22 Å². The highest BCUT2D eigenvalue weighted by molar-refractivity contribution is 6.63. The highest BCUT2D eigenvalue weighted by atomic mass is 28.4. The van der Waals surface area contributed by atoms with Gasteiger partial charge < -0.3 is 9.22 Å². The van der Waals surface area contributed by atoms with Gasteiger partial charge in [0, 0.05) is 0 Å². The van der Waals surface area contributed by atoms with Gasteiger partial charge in [-0.15, -0.1) is 0 Å². The van der Waals surface area contributed by atoms with Crippen molar-refractivity contribution in [2.75, 3.05) is 0 Å². The van der Waals surface area contributed by atoms with E-state index in [0.29, 0.717) is 0 Å². The maximum absolute atomic E-state index is 9.39. The lowest BCUT2D eigenvalue weighted by Crippen LogP contribution is -2.33. The quantitative estimate of drug-likeness (QED) is 0.682. The molecule has 0 aliphatic carbocycles. The molecule has 0 amide bonds. The molecule has 1 aromatic rings. The highest BCUT2D eigenvalue weighted by Gasteiger charge is 2.19. The summed E-state index contributed by atoms with van der Waals surface area (Å²) in [6.45, 7) is 3.47. The van der Waals surface area contributed by atoms with Crippen LogP contribution in [-0.4, -0.2) is 13.4 Å². The van der Waals surface area contributed by atoms with Crippen LogP contribution in [0, 0.1) is 0 Å². The number of benzene rings is 1. The van der Waals surface area contributed by atoms with Gasteiger partial charge in [0.05, 0.1) is 0 Å². The van der Waals surface area contributed by atoms with Gasteiger partial charge in [0.1, 0.15) is 5.75 Å². The van der Waals surface area contributed by atoms with Crippen molar-refractivity contribution in [3.05, 3.63) is 30.3 Å². The first-order valence-electron chi connectivity index (χ1n) is 3.54. The standard InChI is InChI=1S/C8H12O2Si/c1-11(2,9)10-8-6-4-3-5-7-8/h3-7,9H,1-2H3. The molecule has 0 atom stereocenters. The van der Waals surface area contributed by atoms with Gasteiger partial charge in [-0.25, -0.2) is 0 Å². The summed E-state index contributed by atoms with van der Waals surface area (Å²) in [6, 6.07) is 9.36. The summed E-state index contributed by atoms with van der Waals surface area (Å²) in [4.78, 5) is 9.39. The summed E-state index contributed by atoms with van der Waals surface area (Å²) < 4.78 is 5.30. The maximum atomic E-state index is 9.39. The van der Waals surface area contributed by atoms with Gasteiger partial charge >= 0.3 is 8.56 Å². The van der Waals surface area contributed by atoms with E-state index in [4.69, 9.17) is 4.43 Å². The zero-order valence-electron chi connectivity index (χ0n) is 6.74. The number of rotatable bonds is 2. The van der Waals surface area contributed by atoms with Gasteiger partial charge in [-0.3, -0.25) is 0 Å². The molecule has 2 nitrogen and oxygen atoms in total. The van der Waals surface area contributed by atoms with Gasteiger partial charge in [0.2, 0.25) is 0 Å². The van der Waals surface area contributed by atoms with Crippen molar-refractivity contribution in [3.8, 4) is 5.75 Å². The first-order valence-corrected chi connectivity index (χ1v) is 6.40. The van der Waals surface area contributed by atoms with Crippen LogP contribution >= 0.6 is 0 Å². The molecule has 0 aliphatic rings. The second-order valence-electron chi connectivity index (χ2n) is 2.86. The lowest BCUT2D eigenvalue weighted by Gasteiger charge is -2.16. The van der Waals surface area contributed by atoms with Crippen LogP contribution in [0.2, 0.25) is 13.1 Å². The minimum Gasteiger partial charge on any atom is -0.520 e. The fourth-order valence-corrected chi connectivity index (χ4v) is 1.49. The van der Waals surface area contributed by atoms with E-state index in [9.17, 15) is 4.80 Å². The predicted molar refractivity (Wildman–Crippen MR) is 46.8 cm³/mol.